The molecule has 0 radical (unpaired) electrons. The topological polar surface area (TPSA) is 49.8 Å². The highest BCUT2D eigenvalue weighted by molar-refractivity contribution is 9.10. The summed E-state index contributed by atoms with van der Waals surface area (Å²) >= 11 is 3.40. The van der Waals surface area contributed by atoms with Crippen LogP contribution in [0.2, 0.25) is 0 Å². The van der Waals surface area contributed by atoms with Crippen LogP contribution in [0.4, 0.5) is 0 Å². The Morgan fingerprint density at radius 3 is 2.86 bits per heavy atom. The smallest absolute Gasteiger partial charge is 0.101 e. The van der Waals surface area contributed by atoms with Gasteiger partial charge in [-0.25, -0.2) is 0 Å². The molecule has 0 aliphatic rings. The van der Waals surface area contributed by atoms with Crippen molar-refractivity contribution in [1.82, 2.24) is 0 Å². The van der Waals surface area contributed by atoms with Gasteiger partial charge in [0.2, 0.25) is 0 Å². The molecule has 2 nitrogen and oxygen atoms in total. The van der Waals surface area contributed by atoms with E-state index in [1.165, 1.54) is 5.56 Å². The molecule has 14 heavy (non-hydrogen) atoms. The molecule has 0 saturated heterocycles. The second kappa shape index (κ2) is 4.59. The highest BCUT2D eigenvalue weighted by Crippen LogP contribution is 2.15. The van der Waals surface area contributed by atoms with Gasteiger partial charge >= 0.3 is 0 Å². The van der Waals surface area contributed by atoms with Gasteiger partial charge in [-0.3, -0.25) is 0 Å². The summed E-state index contributed by atoms with van der Waals surface area (Å²) in [5.74, 6) is 0. The van der Waals surface area contributed by atoms with Gasteiger partial charge in [0.05, 0.1) is 6.07 Å². The maximum atomic E-state index is 8.74. The second-order valence-corrected chi connectivity index (χ2v) is 4.57. The minimum Gasteiger partial charge on any atom is -0.314 e. The minimum atomic E-state index is -0.720. The Bertz CT molecular complexity index is 353. The molecule has 0 saturated carbocycles. The summed E-state index contributed by atoms with van der Waals surface area (Å²) in [7, 11) is 0. The lowest BCUT2D eigenvalue weighted by Crippen LogP contribution is -2.34. The zero-order valence-electron chi connectivity index (χ0n) is 8.13. The summed E-state index contributed by atoms with van der Waals surface area (Å²) in [5, 5.41) is 8.74. The van der Waals surface area contributed by atoms with E-state index in [1.807, 2.05) is 24.3 Å². The summed E-state index contributed by atoms with van der Waals surface area (Å²) in [6.45, 7) is 1.75. The van der Waals surface area contributed by atoms with Crippen molar-refractivity contribution in [3.8, 4) is 6.07 Å². The fourth-order valence-electron chi connectivity index (χ4n) is 1.15. The molecule has 0 aromatic heterocycles. The summed E-state index contributed by atoms with van der Waals surface area (Å²) in [6.07, 6.45) is 1.51. The maximum Gasteiger partial charge on any atom is 0.101 e. The zero-order chi connectivity index (χ0) is 10.6. The van der Waals surface area contributed by atoms with E-state index in [9.17, 15) is 0 Å². The fraction of sp³-hybridized carbons (Fsp3) is 0.364. The van der Waals surface area contributed by atoms with E-state index in [2.05, 4.69) is 22.0 Å². The van der Waals surface area contributed by atoms with E-state index in [0.717, 1.165) is 10.9 Å². The van der Waals surface area contributed by atoms with E-state index in [1.54, 1.807) is 6.92 Å². The molecule has 2 N–H and O–H groups in total. The maximum absolute atomic E-state index is 8.74. The van der Waals surface area contributed by atoms with Crippen molar-refractivity contribution in [2.45, 2.75) is 25.3 Å². The zero-order valence-corrected chi connectivity index (χ0v) is 9.71. The number of benzene rings is 1. The van der Waals surface area contributed by atoms with Gasteiger partial charge in [0.15, 0.2) is 0 Å². The van der Waals surface area contributed by atoms with Crippen LogP contribution in [0.25, 0.3) is 0 Å². The molecule has 1 unspecified atom stereocenters. The van der Waals surface area contributed by atoms with E-state index >= 15 is 0 Å². The number of nitrogens with zero attached hydrogens (tertiary/aromatic N) is 1. The van der Waals surface area contributed by atoms with Crippen molar-refractivity contribution in [2.24, 2.45) is 5.73 Å². The standard InChI is InChI=1S/C11H13BrN2/c1-11(14,8-13)6-5-9-3-2-4-10(12)7-9/h2-4,7H,5-6,14H2,1H3. The van der Waals surface area contributed by atoms with Gasteiger partial charge in [0.25, 0.3) is 0 Å². The van der Waals surface area contributed by atoms with Crippen LogP contribution in [-0.2, 0) is 6.42 Å². The van der Waals surface area contributed by atoms with Crippen LogP contribution in [-0.4, -0.2) is 5.54 Å². The fourth-order valence-corrected chi connectivity index (χ4v) is 1.60. The Hall–Kier alpha value is -0.850. The predicted molar refractivity (Wildman–Crippen MR) is 60.7 cm³/mol. The molecule has 74 valence electrons. The highest BCUT2D eigenvalue weighted by Gasteiger charge is 2.16. The van der Waals surface area contributed by atoms with Gasteiger partial charge in [0.1, 0.15) is 5.54 Å². The lowest BCUT2D eigenvalue weighted by molar-refractivity contribution is 0.546. The van der Waals surface area contributed by atoms with Gasteiger partial charge < -0.3 is 5.73 Å². The van der Waals surface area contributed by atoms with Crippen molar-refractivity contribution in [3.63, 3.8) is 0 Å². The Kier molecular flexibility index (Phi) is 3.68. The quantitative estimate of drug-likeness (QED) is 0.900. The number of rotatable bonds is 3. The molecule has 0 heterocycles. The van der Waals surface area contributed by atoms with E-state index < -0.39 is 5.54 Å². The van der Waals surface area contributed by atoms with E-state index in [4.69, 9.17) is 11.0 Å². The monoisotopic (exact) mass is 252 g/mol. The van der Waals surface area contributed by atoms with Crippen LogP contribution in [0.5, 0.6) is 0 Å². The molecule has 0 fully saturated rings. The Morgan fingerprint density at radius 2 is 2.29 bits per heavy atom. The number of halogens is 1. The first-order chi connectivity index (χ1) is 6.53. The molecule has 1 aromatic carbocycles. The van der Waals surface area contributed by atoms with Gasteiger partial charge in [-0.05, 0) is 37.5 Å². The molecular formula is C11H13BrN2. The molecule has 0 aliphatic heterocycles. The summed E-state index contributed by atoms with van der Waals surface area (Å²) < 4.78 is 1.06. The van der Waals surface area contributed by atoms with Crippen molar-refractivity contribution in [2.75, 3.05) is 0 Å². The third-order valence-corrected chi connectivity index (χ3v) is 2.57. The van der Waals surface area contributed by atoms with Crippen LogP contribution in [0.3, 0.4) is 0 Å². The Labute approximate surface area is 92.9 Å². The molecule has 0 spiro atoms. The normalized spacial score (nSPS) is 14.4. The molecule has 1 aromatic rings. The molecule has 1 rings (SSSR count). The highest BCUT2D eigenvalue weighted by atomic mass is 79.9. The van der Waals surface area contributed by atoms with Crippen LogP contribution in [0.1, 0.15) is 18.9 Å². The summed E-state index contributed by atoms with van der Waals surface area (Å²) in [5.41, 5.74) is 6.21. The van der Waals surface area contributed by atoms with Gasteiger partial charge in [-0.15, -0.1) is 0 Å². The first-order valence-electron chi connectivity index (χ1n) is 4.48. The Balaban J connectivity index is 2.59. The van der Waals surface area contributed by atoms with E-state index in [0.29, 0.717) is 6.42 Å². The average Bonchev–Trinajstić information content (AvgIpc) is 2.15. The third kappa shape index (κ3) is 3.49. The third-order valence-electron chi connectivity index (χ3n) is 2.08. The second-order valence-electron chi connectivity index (χ2n) is 3.66. The number of aryl methyl sites for hydroxylation is 1. The van der Waals surface area contributed by atoms with Gasteiger partial charge in [0, 0.05) is 4.47 Å². The number of nitriles is 1. The van der Waals surface area contributed by atoms with Gasteiger partial charge in [-0.2, -0.15) is 5.26 Å². The largest absolute Gasteiger partial charge is 0.314 e. The SMILES string of the molecule is CC(N)(C#N)CCc1cccc(Br)c1. The van der Waals surface area contributed by atoms with E-state index in [-0.39, 0.29) is 0 Å². The molecule has 1 atom stereocenters. The summed E-state index contributed by atoms with van der Waals surface area (Å²) in [6, 6.07) is 10.1. The molecular weight excluding hydrogens is 240 g/mol. The van der Waals surface area contributed by atoms with Gasteiger partial charge in [-0.1, -0.05) is 28.1 Å². The molecule has 0 aliphatic carbocycles. The average molecular weight is 253 g/mol. The molecule has 0 bridgehead atoms. The first kappa shape index (κ1) is 11.2. The molecule has 3 heteroatoms. The van der Waals surface area contributed by atoms with Crippen molar-refractivity contribution >= 4 is 15.9 Å². The lowest BCUT2D eigenvalue weighted by Gasteiger charge is -2.14. The minimum absolute atomic E-state index is 0.681. The Morgan fingerprint density at radius 1 is 1.57 bits per heavy atom. The number of hydrogen-bond acceptors (Lipinski definition) is 2. The number of hydrogen-bond donors (Lipinski definition) is 1. The van der Waals surface area contributed by atoms with Crippen LogP contribution >= 0.6 is 15.9 Å². The van der Waals surface area contributed by atoms with Crippen LogP contribution < -0.4 is 5.73 Å². The number of nitrogens with two attached hydrogens (primary N) is 1. The van der Waals surface area contributed by atoms with Crippen molar-refractivity contribution in [3.05, 3.63) is 34.3 Å². The summed E-state index contributed by atoms with van der Waals surface area (Å²) in [4.78, 5) is 0. The predicted octanol–water partition coefficient (Wildman–Crippen LogP) is 2.62. The van der Waals surface area contributed by atoms with Crippen LogP contribution in [0.15, 0.2) is 28.7 Å². The van der Waals surface area contributed by atoms with Crippen LogP contribution in [0, 0.1) is 11.3 Å². The first-order valence-corrected chi connectivity index (χ1v) is 5.27. The molecule has 0 amide bonds. The lowest BCUT2D eigenvalue weighted by atomic mass is 9.96. The van der Waals surface area contributed by atoms with Crippen molar-refractivity contribution in [1.29, 1.82) is 5.26 Å². The van der Waals surface area contributed by atoms with Crippen molar-refractivity contribution < 1.29 is 0 Å².